The molecule has 0 saturated carbocycles. The lowest BCUT2D eigenvalue weighted by Crippen LogP contribution is -2.54. The Labute approximate surface area is 214 Å². The summed E-state index contributed by atoms with van der Waals surface area (Å²) in [5.41, 5.74) is 1.67. The predicted molar refractivity (Wildman–Crippen MR) is 137 cm³/mol. The van der Waals surface area contributed by atoms with E-state index in [9.17, 15) is 14.4 Å². The Kier molecular flexibility index (Phi) is 7.18. The second-order valence-corrected chi connectivity index (χ2v) is 8.84. The monoisotopic (exact) mass is 588 g/mol. The number of methoxy groups -OCH3 is 1. The largest absolute Gasteiger partial charge is 0.493 e. The normalized spacial score (nSPS) is 14.9. The third kappa shape index (κ3) is 5.07. The van der Waals surface area contributed by atoms with E-state index in [1.807, 2.05) is 12.1 Å². The summed E-state index contributed by atoms with van der Waals surface area (Å²) in [4.78, 5) is 38.8. The molecular weight excluding hydrogens is 571 g/mol. The molecule has 1 N–H and O–H groups in total. The van der Waals surface area contributed by atoms with Crippen molar-refractivity contribution in [2.45, 2.75) is 6.61 Å². The number of barbiturate groups is 1. The Hall–Kier alpha value is -3.37. The molecule has 0 bridgehead atoms. The molecule has 3 aromatic carbocycles. The molecule has 4 rings (SSSR count). The van der Waals surface area contributed by atoms with Crippen molar-refractivity contribution in [2.24, 2.45) is 0 Å². The van der Waals surface area contributed by atoms with Crippen LogP contribution in [0.2, 0.25) is 5.02 Å². The molecule has 1 heterocycles. The fraction of sp³-hybridized carbons (Fsp3) is 0.0800. The van der Waals surface area contributed by atoms with Gasteiger partial charge in [-0.1, -0.05) is 41.9 Å². The van der Waals surface area contributed by atoms with Crippen LogP contribution in [0, 0.1) is 3.57 Å². The molecule has 9 heteroatoms. The smallest absolute Gasteiger partial charge is 0.335 e. The van der Waals surface area contributed by atoms with E-state index in [-0.39, 0.29) is 5.57 Å². The van der Waals surface area contributed by atoms with Crippen LogP contribution in [-0.2, 0) is 16.2 Å². The number of nitrogens with zero attached hydrogens (tertiary/aromatic N) is 1. The van der Waals surface area contributed by atoms with E-state index in [4.69, 9.17) is 21.1 Å². The van der Waals surface area contributed by atoms with E-state index in [1.54, 1.807) is 54.6 Å². The number of ether oxygens (including phenoxy) is 2. The number of para-hydroxylation sites is 1. The summed E-state index contributed by atoms with van der Waals surface area (Å²) in [6.45, 7) is 0.305. The summed E-state index contributed by atoms with van der Waals surface area (Å²) in [5, 5.41) is 2.86. The lowest BCUT2D eigenvalue weighted by molar-refractivity contribution is -0.122. The molecule has 0 atom stereocenters. The molecule has 1 fully saturated rings. The van der Waals surface area contributed by atoms with E-state index >= 15 is 0 Å². The highest BCUT2D eigenvalue weighted by Crippen LogP contribution is 2.35. The molecule has 0 aromatic heterocycles. The lowest BCUT2D eigenvalue weighted by atomic mass is 10.1. The quantitative estimate of drug-likeness (QED) is 0.243. The molecule has 4 amide bonds. The first-order valence-corrected chi connectivity index (χ1v) is 11.5. The molecule has 1 aliphatic rings. The standard InChI is InChI=1S/C25H18ClIN2O5/c1-33-21-13-16(12-20(27)22(21)34-14-15-7-9-17(26)10-8-15)11-19-23(30)28-25(32)29(24(19)31)18-5-3-2-4-6-18/h2-13H,14H2,1H3,(H,28,30,32)/b19-11-. The fourth-order valence-electron chi connectivity index (χ4n) is 3.34. The Morgan fingerprint density at radius 3 is 2.41 bits per heavy atom. The Morgan fingerprint density at radius 2 is 1.74 bits per heavy atom. The number of urea groups is 1. The van der Waals surface area contributed by atoms with Gasteiger partial charge in [-0.25, -0.2) is 9.69 Å². The number of carbonyl (C=O) groups excluding carboxylic acids is 3. The zero-order valence-corrected chi connectivity index (χ0v) is 20.8. The van der Waals surface area contributed by atoms with E-state index in [1.165, 1.54) is 13.2 Å². The minimum absolute atomic E-state index is 0.170. The van der Waals surface area contributed by atoms with Gasteiger partial charge in [0.05, 0.1) is 16.4 Å². The molecular formula is C25H18ClIN2O5. The van der Waals surface area contributed by atoms with Gasteiger partial charge in [-0.05, 0) is 76.2 Å². The van der Waals surface area contributed by atoms with Crippen LogP contribution < -0.4 is 19.7 Å². The summed E-state index contributed by atoms with van der Waals surface area (Å²) < 4.78 is 12.2. The van der Waals surface area contributed by atoms with Crippen molar-refractivity contribution in [3.05, 3.63) is 92.0 Å². The molecule has 7 nitrogen and oxygen atoms in total. The van der Waals surface area contributed by atoms with E-state index in [0.717, 1.165) is 14.0 Å². The number of hydrogen-bond donors (Lipinski definition) is 1. The highest BCUT2D eigenvalue weighted by molar-refractivity contribution is 14.1. The summed E-state index contributed by atoms with van der Waals surface area (Å²) >= 11 is 8.03. The molecule has 0 spiro atoms. The summed E-state index contributed by atoms with van der Waals surface area (Å²) in [6, 6.07) is 18.3. The molecule has 0 unspecified atom stereocenters. The van der Waals surface area contributed by atoms with Gasteiger partial charge in [0.2, 0.25) is 0 Å². The fourth-order valence-corrected chi connectivity index (χ4v) is 4.24. The maximum atomic E-state index is 13.0. The third-order valence-electron chi connectivity index (χ3n) is 4.98. The molecule has 3 aromatic rings. The summed E-state index contributed by atoms with van der Waals surface area (Å²) in [7, 11) is 1.51. The SMILES string of the molecule is COc1cc(/C=C2/C(=O)NC(=O)N(c3ccccc3)C2=O)cc(I)c1OCc1ccc(Cl)cc1. The highest BCUT2D eigenvalue weighted by atomic mass is 127. The number of carbonyl (C=O) groups is 3. The van der Waals surface area contributed by atoms with Gasteiger partial charge >= 0.3 is 6.03 Å². The summed E-state index contributed by atoms with van der Waals surface area (Å²) in [5.74, 6) is -0.510. The van der Waals surface area contributed by atoms with Gasteiger partial charge in [-0.2, -0.15) is 0 Å². The first kappa shape index (κ1) is 23.8. The van der Waals surface area contributed by atoms with E-state index in [2.05, 4.69) is 27.9 Å². The zero-order chi connectivity index (χ0) is 24.2. The van der Waals surface area contributed by atoms with Gasteiger partial charge < -0.3 is 9.47 Å². The molecule has 1 aliphatic heterocycles. The van der Waals surface area contributed by atoms with Gasteiger partial charge in [-0.15, -0.1) is 0 Å². The van der Waals surface area contributed by atoms with Crippen LogP contribution in [-0.4, -0.2) is 25.0 Å². The average Bonchev–Trinajstić information content (AvgIpc) is 2.82. The number of rotatable bonds is 6. The van der Waals surface area contributed by atoms with Gasteiger partial charge in [0.25, 0.3) is 11.8 Å². The van der Waals surface area contributed by atoms with Gasteiger partial charge in [0, 0.05) is 5.02 Å². The van der Waals surface area contributed by atoms with Crippen LogP contribution in [0.25, 0.3) is 6.08 Å². The van der Waals surface area contributed by atoms with Crippen molar-refractivity contribution in [3.8, 4) is 11.5 Å². The number of nitrogens with one attached hydrogen (secondary N) is 1. The number of amides is 4. The third-order valence-corrected chi connectivity index (χ3v) is 6.03. The molecule has 172 valence electrons. The van der Waals surface area contributed by atoms with Crippen LogP contribution in [0.3, 0.4) is 0 Å². The number of hydrogen-bond acceptors (Lipinski definition) is 5. The zero-order valence-electron chi connectivity index (χ0n) is 17.9. The number of imide groups is 2. The number of halogens is 2. The predicted octanol–water partition coefficient (Wildman–Crippen LogP) is 5.20. The average molecular weight is 589 g/mol. The maximum Gasteiger partial charge on any atom is 0.335 e. The molecule has 1 saturated heterocycles. The second kappa shape index (κ2) is 10.3. The molecule has 34 heavy (non-hydrogen) atoms. The van der Waals surface area contributed by atoms with Crippen LogP contribution in [0.5, 0.6) is 11.5 Å². The Bertz CT molecular complexity index is 1290. The van der Waals surface area contributed by atoms with Gasteiger partial charge in [0.1, 0.15) is 12.2 Å². The molecule has 0 aliphatic carbocycles. The van der Waals surface area contributed by atoms with Crippen molar-refractivity contribution in [2.75, 3.05) is 12.0 Å². The van der Waals surface area contributed by atoms with Crippen molar-refractivity contribution >= 4 is 63.8 Å². The van der Waals surface area contributed by atoms with E-state index < -0.39 is 17.8 Å². The number of benzene rings is 3. The minimum Gasteiger partial charge on any atom is -0.493 e. The first-order chi connectivity index (χ1) is 16.4. The summed E-state index contributed by atoms with van der Waals surface area (Å²) in [6.07, 6.45) is 1.42. The molecule has 0 radical (unpaired) electrons. The maximum absolute atomic E-state index is 13.0. The van der Waals surface area contributed by atoms with Crippen molar-refractivity contribution < 1.29 is 23.9 Å². The Morgan fingerprint density at radius 1 is 1.03 bits per heavy atom. The van der Waals surface area contributed by atoms with Crippen LogP contribution in [0.4, 0.5) is 10.5 Å². The van der Waals surface area contributed by atoms with Crippen molar-refractivity contribution in [1.29, 1.82) is 0 Å². The lowest BCUT2D eigenvalue weighted by Gasteiger charge is -2.26. The van der Waals surface area contributed by atoms with Crippen molar-refractivity contribution in [1.82, 2.24) is 5.32 Å². The topological polar surface area (TPSA) is 84.9 Å². The highest BCUT2D eigenvalue weighted by Gasteiger charge is 2.36. The van der Waals surface area contributed by atoms with Crippen LogP contribution in [0.1, 0.15) is 11.1 Å². The van der Waals surface area contributed by atoms with Crippen LogP contribution in [0.15, 0.2) is 72.3 Å². The Balaban J connectivity index is 1.63. The second-order valence-electron chi connectivity index (χ2n) is 7.24. The van der Waals surface area contributed by atoms with Crippen molar-refractivity contribution in [3.63, 3.8) is 0 Å². The minimum atomic E-state index is -0.795. The first-order valence-electron chi connectivity index (χ1n) is 10.1. The van der Waals surface area contributed by atoms with Gasteiger partial charge in [0.15, 0.2) is 11.5 Å². The number of anilines is 1. The van der Waals surface area contributed by atoms with Gasteiger partial charge in [-0.3, -0.25) is 14.9 Å². The van der Waals surface area contributed by atoms with E-state index in [0.29, 0.717) is 34.4 Å². The van der Waals surface area contributed by atoms with Crippen LogP contribution >= 0.6 is 34.2 Å².